The Morgan fingerprint density at radius 1 is 1.00 bits per heavy atom. The van der Waals surface area contributed by atoms with Crippen molar-refractivity contribution in [1.82, 2.24) is 9.97 Å². The molecule has 6 nitrogen and oxygen atoms in total. The summed E-state index contributed by atoms with van der Waals surface area (Å²) in [4.78, 5) is 32.8. The quantitative estimate of drug-likeness (QED) is 0.294. The van der Waals surface area contributed by atoms with Crippen LogP contribution in [0.1, 0.15) is 29.0 Å². The molecule has 1 unspecified atom stereocenters. The fourth-order valence-electron chi connectivity index (χ4n) is 3.72. The Labute approximate surface area is 153 Å². The number of ether oxygens (including phenoxy) is 1. The van der Waals surface area contributed by atoms with E-state index < -0.39 is 5.63 Å². The van der Waals surface area contributed by atoms with Crippen LogP contribution in [0.2, 0.25) is 0 Å². The van der Waals surface area contributed by atoms with Crippen LogP contribution in [0.15, 0.2) is 58.0 Å². The molecular weight excluding hydrogens is 344 g/mol. The van der Waals surface area contributed by atoms with Crippen LogP contribution in [-0.4, -0.2) is 15.9 Å². The lowest BCUT2D eigenvalue weighted by atomic mass is 9.85. The maximum absolute atomic E-state index is 12.2. The number of hydrogen-bond donors (Lipinski definition) is 0. The third kappa shape index (κ3) is 2.49. The molecule has 0 fully saturated rings. The zero-order valence-corrected chi connectivity index (χ0v) is 14.4. The molecule has 2 aromatic carbocycles. The van der Waals surface area contributed by atoms with Gasteiger partial charge in [-0.15, -0.1) is 0 Å². The number of nitrogens with zero attached hydrogens (tertiary/aromatic N) is 2. The Hall–Kier alpha value is -3.54. The molecule has 1 atom stereocenters. The highest BCUT2D eigenvalue weighted by Crippen LogP contribution is 2.43. The van der Waals surface area contributed by atoms with Gasteiger partial charge in [0.2, 0.25) is 0 Å². The molecule has 6 heteroatoms. The summed E-state index contributed by atoms with van der Waals surface area (Å²) in [5.74, 6) is -0.181. The van der Waals surface area contributed by atoms with Gasteiger partial charge in [0.05, 0.1) is 17.5 Å². The third-order valence-corrected chi connectivity index (χ3v) is 4.96. The topological polar surface area (TPSA) is 82.3 Å². The van der Waals surface area contributed by atoms with Crippen molar-refractivity contribution < 1.29 is 13.9 Å². The zero-order chi connectivity index (χ0) is 18.5. The predicted molar refractivity (Wildman–Crippen MR) is 98.9 cm³/mol. The van der Waals surface area contributed by atoms with Crippen molar-refractivity contribution in [3.63, 3.8) is 0 Å². The van der Waals surface area contributed by atoms with Crippen molar-refractivity contribution in [2.24, 2.45) is 0 Å². The molecule has 0 aliphatic carbocycles. The summed E-state index contributed by atoms with van der Waals surface area (Å²) in [5.41, 5.74) is 4.01. The fraction of sp³-hybridized carbons (Fsp3) is 0.143. The second-order valence-electron chi connectivity index (χ2n) is 6.64. The van der Waals surface area contributed by atoms with E-state index in [1.54, 1.807) is 18.5 Å². The van der Waals surface area contributed by atoms with Gasteiger partial charge in [0.15, 0.2) is 0 Å². The van der Waals surface area contributed by atoms with Crippen LogP contribution in [0, 0.1) is 6.92 Å². The Morgan fingerprint density at radius 2 is 1.81 bits per heavy atom. The Balaban J connectivity index is 1.80. The van der Waals surface area contributed by atoms with Gasteiger partial charge in [-0.2, -0.15) is 0 Å². The number of rotatable bonds is 1. The van der Waals surface area contributed by atoms with Crippen molar-refractivity contribution >= 4 is 28.0 Å². The molecule has 2 aromatic heterocycles. The van der Waals surface area contributed by atoms with Crippen molar-refractivity contribution in [3.8, 4) is 5.75 Å². The van der Waals surface area contributed by atoms with Crippen molar-refractivity contribution in [3.05, 3.63) is 75.9 Å². The minimum atomic E-state index is -0.423. The van der Waals surface area contributed by atoms with Crippen LogP contribution < -0.4 is 10.4 Å². The zero-order valence-electron chi connectivity index (χ0n) is 14.4. The summed E-state index contributed by atoms with van der Waals surface area (Å²) < 4.78 is 11.0. The summed E-state index contributed by atoms with van der Waals surface area (Å²) in [5, 5.41) is 0.830. The normalized spacial score (nSPS) is 16.3. The van der Waals surface area contributed by atoms with Crippen molar-refractivity contribution in [2.45, 2.75) is 19.3 Å². The summed E-state index contributed by atoms with van der Waals surface area (Å²) in [6.07, 6.45) is 3.43. The van der Waals surface area contributed by atoms with Crippen LogP contribution in [-0.2, 0) is 4.79 Å². The molecule has 0 radical (unpaired) electrons. The highest BCUT2D eigenvalue weighted by atomic mass is 16.5. The van der Waals surface area contributed by atoms with Gasteiger partial charge in [0.25, 0.3) is 0 Å². The molecule has 4 aromatic rings. The van der Waals surface area contributed by atoms with E-state index in [9.17, 15) is 9.59 Å². The molecule has 3 heterocycles. The minimum absolute atomic E-state index is 0.162. The molecule has 0 saturated heterocycles. The molecule has 1 aliphatic rings. The molecule has 27 heavy (non-hydrogen) atoms. The number of carbonyl (C=O) groups excluding carboxylic acids is 1. The number of aryl methyl sites for hydroxylation is 1. The average molecular weight is 358 g/mol. The Kier molecular flexibility index (Phi) is 3.33. The molecule has 0 bridgehead atoms. The highest BCUT2D eigenvalue weighted by Gasteiger charge is 2.32. The second kappa shape index (κ2) is 5.74. The smallest absolute Gasteiger partial charge is 0.336 e. The first-order valence-electron chi connectivity index (χ1n) is 8.59. The minimum Gasteiger partial charge on any atom is -0.426 e. The molecule has 0 amide bonds. The van der Waals surface area contributed by atoms with Crippen LogP contribution in [0.5, 0.6) is 5.75 Å². The number of fused-ring (bicyclic) bond motifs is 4. The van der Waals surface area contributed by atoms with E-state index in [4.69, 9.17) is 9.15 Å². The summed E-state index contributed by atoms with van der Waals surface area (Å²) in [6.45, 7) is 1.86. The molecule has 0 spiro atoms. The fourth-order valence-corrected chi connectivity index (χ4v) is 3.72. The molecular formula is C21H14N2O4. The van der Waals surface area contributed by atoms with Gasteiger partial charge in [-0.25, -0.2) is 4.79 Å². The number of hydrogen-bond acceptors (Lipinski definition) is 6. The molecule has 0 saturated carbocycles. The average Bonchev–Trinajstić information content (AvgIpc) is 2.66. The van der Waals surface area contributed by atoms with E-state index in [-0.39, 0.29) is 18.3 Å². The van der Waals surface area contributed by atoms with E-state index in [1.165, 1.54) is 6.07 Å². The van der Waals surface area contributed by atoms with Crippen LogP contribution in [0.4, 0.5) is 0 Å². The first-order valence-corrected chi connectivity index (χ1v) is 8.59. The highest BCUT2D eigenvalue weighted by molar-refractivity contribution is 5.90. The van der Waals surface area contributed by atoms with Crippen molar-refractivity contribution in [2.75, 3.05) is 0 Å². The lowest BCUT2D eigenvalue weighted by Gasteiger charge is -2.25. The van der Waals surface area contributed by atoms with E-state index in [0.717, 1.165) is 33.1 Å². The van der Waals surface area contributed by atoms with Crippen LogP contribution in [0.3, 0.4) is 0 Å². The maximum atomic E-state index is 12.2. The number of carbonyl (C=O) groups is 1. The summed E-state index contributed by atoms with van der Waals surface area (Å²) >= 11 is 0. The third-order valence-electron chi connectivity index (χ3n) is 4.96. The first kappa shape index (κ1) is 15.7. The molecule has 132 valence electrons. The number of benzene rings is 2. The van der Waals surface area contributed by atoms with E-state index in [2.05, 4.69) is 9.97 Å². The van der Waals surface area contributed by atoms with E-state index in [0.29, 0.717) is 11.3 Å². The van der Waals surface area contributed by atoms with Crippen LogP contribution in [0.25, 0.3) is 22.0 Å². The maximum Gasteiger partial charge on any atom is 0.336 e. The van der Waals surface area contributed by atoms with Gasteiger partial charge >= 0.3 is 11.6 Å². The Bertz CT molecular complexity index is 1290. The monoisotopic (exact) mass is 358 g/mol. The Morgan fingerprint density at radius 3 is 2.67 bits per heavy atom. The molecule has 1 aliphatic heterocycles. The number of aromatic nitrogens is 2. The van der Waals surface area contributed by atoms with E-state index >= 15 is 0 Å². The first-order chi connectivity index (χ1) is 13.1. The van der Waals surface area contributed by atoms with Gasteiger partial charge in [0, 0.05) is 35.3 Å². The van der Waals surface area contributed by atoms with Crippen molar-refractivity contribution in [1.29, 1.82) is 0 Å². The summed E-state index contributed by atoms with van der Waals surface area (Å²) in [6, 6.07) is 10.8. The standard InChI is InChI=1S/C21H14N2O4/c1-11-8-18(24)27-21-13(11)3-5-17-20(21)14(10-19(25)26-17)12-2-4-15-16(9-12)23-7-6-22-15/h2-9,14H,10H2,1H3. The van der Waals surface area contributed by atoms with Gasteiger partial charge < -0.3 is 9.15 Å². The van der Waals surface area contributed by atoms with E-state index in [1.807, 2.05) is 31.2 Å². The molecule has 5 rings (SSSR count). The van der Waals surface area contributed by atoms with Crippen LogP contribution >= 0.6 is 0 Å². The van der Waals surface area contributed by atoms with Gasteiger partial charge in [-0.05, 0) is 42.3 Å². The lowest BCUT2D eigenvalue weighted by Crippen LogP contribution is -2.21. The van der Waals surface area contributed by atoms with Gasteiger partial charge in [-0.1, -0.05) is 6.07 Å². The predicted octanol–water partition coefficient (Wildman–Crippen LogP) is 3.49. The molecule has 0 N–H and O–H groups in total. The summed E-state index contributed by atoms with van der Waals surface area (Å²) in [7, 11) is 0. The largest absolute Gasteiger partial charge is 0.426 e. The number of esters is 1. The SMILES string of the molecule is Cc1cc(=O)oc2c3c(ccc12)OC(=O)CC3c1ccc2nccnc2c1. The van der Waals surface area contributed by atoms with Gasteiger partial charge in [0.1, 0.15) is 11.3 Å². The second-order valence-corrected chi connectivity index (χ2v) is 6.64. The lowest BCUT2D eigenvalue weighted by molar-refractivity contribution is -0.135. The van der Waals surface area contributed by atoms with Gasteiger partial charge in [-0.3, -0.25) is 14.8 Å².